The Hall–Kier alpha value is -2.24. The lowest BCUT2D eigenvalue weighted by Crippen LogP contribution is -2.48. The van der Waals surface area contributed by atoms with Gasteiger partial charge in [0.1, 0.15) is 0 Å². The molecule has 2 unspecified atom stereocenters. The minimum Gasteiger partial charge on any atom is -0.475 e. The van der Waals surface area contributed by atoms with E-state index < -0.39 is 12.1 Å². The van der Waals surface area contributed by atoms with Gasteiger partial charge in [-0.05, 0) is 44.5 Å². The van der Waals surface area contributed by atoms with Crippen LogP contribution in [0.1, 0.15) is 29.0 Å². The second-order valence-corrected chi connectivity index (χ2v) is 9.51. The highest BCUT2D eigenvalue weighted by Gasteiger charge is 2.45. The Labute approximate surface area is 188 Å². The molecule has 7 nitrogen and oxygen atoms in total. The molecule has 2 atom stereocenters. The SMILES string of the molecule is Cc1ccc(CN2CCCC3(CC(N(C)c4ncccn4)CO3)C2)s1.O=C(O)C(F)(F)F. The normalized spacial score (nSPS) is 23.6. The lowest BCUT2D eigenvalue weighted by atomic mass is 9.88. The molecule has 2 aromatic rings. The Balaban J connectivity index is 0.000000360. The highest BCUT2D eigenvalue weighted by Crippen LogP contribution is 2.37. The van der Waals surface area contributed by atoms with Crippen LogP contribution in [-0.4, -0.2) is 70.5 Å². The van der Waals surface area contributed by atoms with Crippen molar-refractivity contribution in [3.05, 3.63) is 40.3 Å². The minimum absolute atomic E-state index is 0.00173. The first-order valence-electron chi connectivity index (χ1n) is 10.3. The number of carbonyl (C=O) groups is 1. The van der Waals surface area contributed by atoms with Gasteiger partial charge in [-0.15, -0.1) is 11.3 Å². The van der Waals surface area contributed by atoms with E-state index in [4.69, 9.17) is 14.6 Å². The summed E-state index contributed by atoms with van der Waals surface area (Å²) in [5, 5.41) is 7.12. The van der Waals surface area contributed by atoms with Gasteiger partial charge in [0.25, 0.3) is 0 Å². The summed E-state index contributed by atoms with van der Waals surface area (Å²) < 4.78 is 38.1. The Morgan fingerprint density at radius 1 is 1.38 bits per heavy atom. The van der Waals surface area contributed by atoms with E-state index in [1.165, 1.54) is 22.7 Å². The van der Waals surface area contributed by atoms with Gasteiger partial charge in [0.05, 0.1) is 18.2 Å². The van der Waals surface area contributed by atoms with E-state index in [1.54, 1.807) is 12.4 Å². The maximum atomic E-state index is 10.6. The van der Waals surface area contributed by atoms with Gasteiger partial charge in [0.15, 0.2) is 0 Å². The van der Waals surface area contributed by atoms with Crippen molar-refractivity contribution in [3.63, 3.8) is 0 Å². The van der Waals surface area contributed by atoms with Gasteiger partial charge in [-0.1, -0.05) is 0 Å². The molecule has 11 heteroatoms. The number of nitrogens with zero attached hydrogens (tertiary/aromatic N) is 4. The average Bonchev–Trinajstić information content (AvgIpc) is 3.34. The molecule has 0 aliphatic carbocycles. The standard InChI is InChI=1S/C19H26N4OS.C2HF3O2/c1-15-5-6-17(25-15)12-23-10-3-7-19(14-23)11-16(13-24-19)22(2)18-20-8-4-9-21-18;3-2(4,5)1(6)7/h4-6,8-9,16H,3,7,10-14H2,1-2H3;(H,6,7). The number of piperidine rings is 1. The molecule has 2 saturated heterocycles. The molecule has 0 bridgehead atoms. The number of ether oxygens (including phenoxy) is 1. The number of aromatic nitrogens is 2. The van der Waals surface area contributed by atoms with Crippen molar-refractivity contribution >= 4 is 23.3 Å². The average molecular weight is 473 g/mol. The predicted octanol–water partition coefficient (Wildman–Crippen LogP) is 3.74. The summed E-state index contributed by atoms with van der Waals surface area (Å²) in [5.41, 5.74) is -0.00173. The monoisotopic (exact) mass is 472 g/mol. The second kappa shape index (κ2) is 10.1. The van der Waals surface area contributed by atoms with Crippen LogP contribution >= 0.6 is 11.3 Å². The van der Waals surface area contributed by atoms with Gasteiger partial charge >= 0.3 is 12.1 Å². The van der Waals surface area contributed by atoms with Crippen LogP contribution in [0.15, 0.2) is 30.6 Å². The maximum Gasteiger partial charge on any atom is 0.490 e. The summed E-state index contributed by atoms with van der Waals surface area (Å²) in [6.45, 7) is 6.19. The number of alkyl halides is 3. The van der Waals surface area contributed by atoms with Crippen molar-refractivity contribution in [2.24, 2.45) is 0 Å². The number of rotatable bonds is 4. The lowest BCUT2D eigenvalue weighted by Gasteiger charge is -2.39. The van der Waals surface area contributed by atoms with Crippen LogP contribution in [0.3, 0.4) is 0 Å². The number of carboxylic acid groups (broad SMARTS) is 1. The van der Waals surface area contributed by atoms with Gasteiger partial charge in [0, 0.05) is 48.7 Å². The van der Waals surface area contributed by atoms with Crippen molar-refractivity contribution in [2.45, 2.75) is 50.6 Å². The Kier molecular flexibility index (Phi) is 7.73. The molecule has 2 aromatic heterocycles. The molecular weight excluding hydrogens is 445 g/mol. The van der Waals surface area contributed by atoms with Crippen LogP contribution in [0.5, 0.6) is 0 Å². The molecule has 2 fully saturated rings. The number of likely N-dealkylation sites (tertiary alicyclic amines) is 1. The third kappa shape index (κ3) is 6.39. The number of hydrogen-bond acceptors (Lipinski definition) is 7. The maximum absolute atomic E-state index is 10.6. The molecule has 1 spiro atoms. The Morgan fingerprint density at radius 2 is 2.06 bits per heavy atom. The molecule has 4 heterocycles. The van der Waals surface area contributed by atoms with Gasteiger partial charge in [-0.25, -0.2) is 14.8 Å². The van der Waals surface area contributed by atoms with Gasteiger partial charge in [0.2, 0.25) is 5.95 Å². The van der Waals surface area contributed by atoms with Crippen LogP contribution in [0.2, 0.25) is 0 Å². The first kappa shape index (κ1) is 24.4. The van der Waals surface area contributed by atoms with Gasteiger partial charge in [-0.2, -0.15) is 13.2 Å². The zero-order valence-electron chi connectivity index (χ0n) is 18.0. The number of anilines is 1. The van der Waals surface area contributed by atoms with Crippen LogP contribution < -0.4 is 4.90 Å². The van der Waals surface area contributed by atoms with E-state index in [9.17, 15) is 13.2 Å². The van der Waals surface area contributed by atoms with E-state index in [2.05, 4.69) is 45.9 Å². The van der Waals surface area contributed by atoms with E-state index in [1.807, 2.05) is 17.4 Å². The highest BCUT2D eigenvalue weighted by molar-refractivity contribution is 7.11. The first-order chi connectivity index (χ1) is 15.1. The molecule has 0 saturated carbocycles. The van der Waals surface area contributed by atoms with Crippen LogP contribution in [0.4, 0.5) is 19.1 Å². The number of carboxylic acids is 1. The van der Waals surface area contributed by atoms with Crippen molar-refractivity contribution in [2.75, 3.05) is 31.6 Å². The van der Waals surface area contributed by atoms with Crippen LogP contribution in [-0.2, 0) is 16.1 Å². The number of likely N-dealkylation sites (N-methyl/N-ethyl adjacent to an activating group) is 1. The fraction of sp³-hybridized carbons (Fsp3) is 0.571. The fourth-order valence-corrected chi connectivity index (χ4v) is 5.04. The topological polar surface area (TPSA) is 78.8 Å². The van der Waals surface area contributed by atoms with E-state index in [0.29, 0.717) is 6.04 Å². The van der Waals surface area contributed by atoms with Gasteiger partial charge in [-0.3, -0.25) is 4.90 Å². The van der Waals surface area contributed by atoms with Gasteiger partial charge < -0.3 is 14.7 Å². The number of thiophene rings is 1. The number of hydrogen-bond donors (Lipinski definition) is 1. The molecule has 2 aliphatic heterocycles. The molecule has 32 heavy (non-hydrogen) atoms. The first-order valence-corrected chi connectivity index (χ1v) is 11.1. The summed E-state index contributed by atoms with van der Waals surface area (Å²) in [6, 6.07) is 6.69. The predicted molar refractivity (Wildman–Crippen MR) is 115 cm³/mol. The van der Waals surface area contributed by atoms with Crippen molar-refractivity contribution in [1.29, 1.82) is 0 Å². The highest BCUT2D eigenvalue weighted by atomic mass is 32.1. The zero-order valence-corrected chi connectivity index (χ0v) is 18.8. The summed E-state index contributed by atoms with van der Waals surface area (Å²) >= 11 is 1.91. The Morgan fingerprint density at radius 3 is 2.66 bits per heavy atom. The quantitative estimate of drug-likeness (QED) is 0.726. The smallest absolute Gasteiger partial charge is 0.475 e. The number of aliphatic carboxylic acids is 1. The lowest BCUT2D eigenvalue weighted by molar-refractivity contribution is -0.192. The molecule has 176 valence electrons. The van der Waals surface area contributed by atoms with E-state index in [0.717, 1.165) is 38.5 Å². The van der Waals surface area contributed by atoms with E-state index >= 15 is 0 Å². The number of aryl methyl sites for hydroxylation is 1. The number of halogens is 3. The fourth-order valence-electron chi connectivity index (χ4n) is 4.11. The third-order valence-electron chi connectivity index (χ3n) is 5.64. The van der Waals surface area contributed by atoms with Crippen molar-refractivity contribution in [3.8, 4) is 0 Å². The molecular formula is C21H27F3N4O3S. The molecule has 4 rings (SSSR count). The molecule has 1 N–H and O–H groups in total. The second-order valence-electron chi connectivity index (χ2n) is 8.14. The van der Waals surface area contributed by atoms with Crippen LogP contribution in [0, 0.1) is 6.92 Å². The zero-order chi connectivity index (χ0) is 23.4. The van der Waals surface area contributed by atoms with Crippen molar-refractivity contribution in [1.82, 2.24) is 14.9 Å². The molecule has 0 aromatic carbocycles. The van der Waals surface area contributed by atoms with Crippen molar-refractivity contribution < 1.29 is 27.8 Å². The minimum atomic E-state index is -5.08. The molecule has 0 radical (unpaired) electrons. The summed E-state index contributed by atoms with van der Waals surface area (Å²) in [4.78, 5) is 25.2. The van der Waals surface area contributed by atoms with E-state index in [-0.39, 0.29) is 5.60 Å². The molecule has 2 aliphatic rings. The summed E-state index contributed by atoms with van der Waals surface area (Å²) in [7, 11) is 2.08. The largest absolute Gasteiger partial charge is 0.490 e. The van der Waals surface area contributed by atoms with Crippen LogP contribution in [0.25, 0.3) is 0 Å². The molecule has 0 amide bonds. The third-order valence-corrected chi connectivity index (χ3v) is 6.63. The summed E-state index contributed by atoms with van der Waals surface area (Å²) in [5.74, 6) is -1.97. The Bertz CT molecular complexity index is 896. The summed E-state index contributed by atoms with van der Waals surface area (Å²) in [6.07, 6.45) is 1.95.